The minimum Gasteiger partial charge on any atom is -0.394 e. The van der Waals surface area contributed by atoms with Gasteiger partial charge in [0.1, 0.15) is 24.4 Å². The molecule has 0 aliphatic carbocycles. The Morgan fingerprint density at radius 3 is 2.06 bits per heavy atom. The molecule has 0 bridgehead atoms. The average molecular weight is 260 g/mol. The second-order valence-corrected chi connectivity index (χ2v) is 5.89. The lowest BCUT2D eigenvalue weighted by atomic mass is 9.99. The Balaban J connectivity index is 1.86. The van der Waals surface area contributed by atoms with Gasteiger partial charge in [-0.2, -0.15) is 0 Å². The molecule has 5 atom stereocenters. The maximum atomic E-state index is 9.40. The Morgan fingerprint density at radius 1 is 0.833 bits per heavy atom. The highest BCUT2D eigenvalue weighted by Crippen LogP contribution is 2.43. The van der Waals surface area contributed by atoms with E-state index in [1.807, 2.05) is 27.7 Å². The second kappa shape index (κ2) is 3.88. The first-order chi connectivity index (χ1) is 8.31. The second-order valence-electron chi connectivity index (χ2n) is 5.89. The Morgan fingerprint density at radius 2 is 1.39 bits per heavy atom. The summed E-state index contributed by atoms with van der Waals surface area (Å²) in [6.07, 6.45) is -1.90. The van der Waals surface area contributed by atoms with Crippen molar-refractivity contribution >= 4 is 0 Å². The van der Waals surface area contributed by atoms with Gasteiger partial charge >= 0.3 is 0 Å². The summed E-state index contributed by atoms with van der Waals surface area (Å²) in [6.45, 7) is 7.22. The molecule has 1 unspecified atom stereocenters. The van der Waals surface area contributed by atoms with Gasteiger partial charge in [0.2, 0.25) is 0 Å². The van der Waals surface area contributed by atoms with Gasteiger partial charge in [-0.05, 0) is 27.7 Å². The zero-order valence-corrected chi connectivity index (χ0v) is 11.1. The Hall–Kier alpha value is -0.240. The van der Waals surface area contributed by atoms with Gasteiger partial charge in [0.25, 0.3) is 0 Å². The fourth-order valence-corrected chi connectivity index (χ4v) is 2.84. The zero-order chi connectivity index (χ0) is 13.1. The van der Waals surface area contributed by atoms with Gasteiger partial charge in [0.15, 0.2) is 17.9 Å². The highest BCUT2D eigenvalue weighted by atomic mass is 16.9. The van der Waals surface area contributed by atoms with Crippen LogP contribution in [0.3, 0.4) is 0 Å². The molecule has 104 valence electrons. The van der Waals surface area contributed by atoms with E-state index in [1.165, 1.54) is 0 Å². The number of hydrogen-bond donors (Lipinski definition) is 1. The van der Waals surface area contributed by atoms with E-state index in [2.05, 4.69) is 0 Å². The summed E-state index contributed by atoms with van der Waals surface area (Å²) in [6, 6.07) is 0. The third-order valence-corrected chi connectivity index (χ3v) is 3.43. The van der Waals surface area contributed by atoms with Crippen LogP contribution < -0.4 is 0 Å². The fourth-order valence-electron chi connectivity index (χ4n) is 2.84. The van der Waals surface area contributed by atoms with E-state index in [0.717, 1.165) is 0 Å². The van der Waals surface area contributed by atoms with Crippen molar-refractivity contribution in [3.05, 3.63) is 0 Å². The molecule has 0 aromatic heterocycles. The van der Waals surface area contributed by atoms with Gasteiger partial charge in [-0.15, -0.1) is 0 Å². The number of hydrogen-bond acceptors (Lipinski definition) is 6. The quantitative estimate of drug-likeness (QED) is 0.735. The third-order valence-electron chi connectivity index (χ3n) is 3.43. The van der Waals surface area contributed by atoms with Crippen LogP contribution in [0.25, 0.3) is 0 Å². The molecule has 3 heterocycles. The van der Waals surface area contributed by atoms with Crippen molar-refractivity contribution in [2.45, 2.75) is 70.0 Å². The van der Waals surface area contributed by atoms with E-state index < -0.39 is 24.0 Å². The van der Waals surface area contributed by atoms with Gasteiger partial charge in [0, 0.05) is 0 Å². The summed E-state index contributed by atoms with van der Waals surface area (Å²) in [4.78, 5) is 0. The van der Waals surface area contributed by atoms with Gasteiger partial charge in [0.05, 0.1) is 6.61 Å². The molecular formula is C12H20O6. The minimum absolute atomic E-state index is 0.131. The Kier molecular flexibility index (Phi) is 2.75. The lowest BCUT2D eigenvalue weighted by molar-refractivity contribution is -0.240. The van der Waals surface area contributed by atoms with E-state index in [9.17, 15) is 5.11 Å². The van der Waals surface area contributed by atoms with Crippen LogP contribution in [-0.2, 0) is 23.7 Å². The predicted molar refractivity (Wildman–Crippen MR) is 59.6 cm³/mol. The normalized spacial score (nSPS) is 48.8. The summed E-state index contributed by atoms with van der Waals surface area (Å²) in [5.74, 6) is -1.41. The lowest BCUT2D eigenvalue weighted by Gasteiger charge is -2.36. The van der Waals surface area contributed by atoms with Crippen molar-refractivity contribution in [2.24, 2.45) is 0 Å². The third kappa shape index (κ3) is 1.97. The van der Waals surface area contributed by atoms with Crippen molar-refractivity contribution in [3.63, 3.8) is 0 Å². The first kappa shape index (κ1) is 12.8. The number of aliphatic hydroxyl groups excluding tert-OH is 1. The van der Waals surface area contributed by atoms with Gasteiger partial charge in [-0.25, -0.2) is 0 Å². The smallest absolute Gasteiger partial charge is 0.190 e. The molecule has 3 rings (SSSR count). The molecule has 0 spiro atoms. The Bertz CT molecular complexity index is 341. The van der Waals surface area contributed by atoms with Crippen LogP contribution in [0.15, 0.2) is 0 Å². The van der Waals surface area contributed by atoms with E-state index in [0.29, 0.717) is 0 Å². The maximum absolute atomic E-state index is 9.40. The molecule has 3 fully saturated rings. The van der Waals surface area contributed by atoms with Crippen molar-refractivity contribution < 1.29 is 28.8 Å². The van der Waals surface area contributed by atoms with Gasteiger partial charge < -0.3 is 28.8 Å². The number of fused-ring (bicyclic) bond motifs is 3. The average Bonchev–Trinajstić information content (AvgIpc) is 2.71. The van der Waals surface area contributed by atoms with E-state index in [4.69, 9.17) is 23.7 Å². The minimum atomic E-state index is -0.708. The molecule has 18 heavy (non-hydrogen) atoms. The van der Waals surface area contributed by atoms with Crippen molar-refractivity contribution in [1.29, 1.82) is 0 Å². The lowest BCUT2D eigenvalue weighted by Crippen LogP contribution is -2.56. The number of rotatable bonds is 1. The van der Waals surface area contributed by atoms with Gasteiger partial charge in [-0.3, -0.25) is 0 Å². The van der Waals surface area contributed by atoms with Crippen molar-refractivity contribution in [3.8, 4) is 0 Å². The molecule has 0 radical (unpaired) electrons. The molecule has 1 N–H and O–H groups in total. The van der Waals surface area contributed by atoms with Crippen LogP contribution in [0, 0.1) is 0 Å². The Labute approximate surface area is 106 Å². The predicted octanol–water partition coefficient (Wildman–Crippen LogP) is 0.375. The monoisotopic (exact) mass is 260 g/mol. The SMILES string of the molecule is CC1(C)O[C@@H]2OC(CO)[C@H]3OC(C)(C)O[C@H]3[C@@H]2O1. The summed E-state index contributed by atoms with van der Waals surface area (Å²) in [7, 11) is 0. The summed E-state index contributed by atoms with van der Waals surface area (Å²) in [5, 5.41) is 9.40. The van der Waals surface area contributed by atoms with Crippen LogP contribution >= 0.6 is 0 Å². The van der Waals surface area contributed by atoms with Crippen molar-refractivity contribution in [1.82, 2.24) is 0 Å². The standard InChI is InChI=1S/C12H20O6/c1-11(2)15-7-6(5-13)14-10-9(8(7)16-11)17-12(3,4)18-10/h6-10,13H,5H2,1-4H3/t6?,7-,8-,9+,10+/m1/s1. The topological polar surface area (TPSA) is 66.4 Å². The molecule has 0 aromatic rings. The van der Waals surface area contributed by atoms with Crippen LogP contribution in [0.1, 0.15) is 27.7 Å². The molecule has 3 aliphatic heterocycles. The van der Waals surface area contributed by atoms with Crippen LogP contribution in [-0.4, -0.2) is 54.0 Å². The molecule has 0 saturated carbocycles. The summed E-state index contributed by atoms with van der Waals surface area (Å²) < 4.78 is 28.9. The maximum Gasteiger partial charge on any atom is 0.190 e. The molecule has 6 heteroatoms. The highest BCUT2D eigenvalue weighted by molar-refractivity contribution is 4.99. The molecule has 3 saturated heterocycles. The van der Waals surface area contributed by atoms with Crippen LogP contribution in [0.4, 0.5) is 0 Å². The van der Waals surface area contributed by atoms with Crippen LogP contribution in [0.5, 0.6) is 0 Å². The van der Waals surface area contributed by atoms with E-state index in [1.54, 1.807) is 0 Å². The summed E-state index contributed by atoms with van der Waals surface area (Å²) in [5.41, 5.74) is 0. The van der Waals surface area contributed by atoms with Crippen LogP contribution in [0.2, 0.25) is 0 Å². The largest absolute Gasteiger partial charge is 0.394 e. The van der Waals surface area contributed by atoms with Crippen molar-refractivity contribution in [2.75, 3.05) is 6.61 Å². The summed E-state index contributed by atoms with van der Waals surface area (Å²) >= 11 is 0. The van der Waals surface area contributed by atoms with E-state index >= 15 is 0 Å². The molecule has 6 nitrogen and oxygen atoms in total. The number of aliphatic hydroxyl groups is 1. The number of ether oxygens (including phenoxy) is 5. The van der Waals surface area contributed by atoms with Gasteiger partial charge in [-0.1, -0.05) is 0 Å². The van der Waals surface area contributed by atoms with E-state index in [-0.39, 0.29) is 24.9 Å². The fraction of sp³-hybridized carbons (Fsp3) is 1.00. The molecule has 0 amide bonds. The molecule has 3 aliphatic rings. The molecular weight excluding hydrogens is 240 g/mol. The first-order valence-corrected chi connectivity index (χ1v) is 6.29. The first-order valence-electron chi connectivity index (χ1n) is 6.29. The molecule has 0 aromatic carbocycles. The highest BCUT2D eigenvalue weighted by Gasteiger charge is 2.60. The zero-order valence-electron chi connectivity index (χ0n) is 11.1.